The van der Waals surface area contributed by atoms with Gasteiger partial charge in [0.25, 0.3) is 0 Å². The van der Waals surface area contributed by atoms with Gasteiger partial charge in [-0.3, -0.25) is 4.79 Å². The second kappa shape index (κ2) is 10.4. The highest BCUT2D eigenvalue weighted by Crippen LogP contribution is 2.48. The molecule has 2 aromatic rings. The van der Waals surface area contributed by atoms with Crippen LogP contribution in [-0.4, -0.2) is 49.0 Å². The molecule has 0 aliphatic carbocycles. The van der Waals surface area contributed by atoms with Crippen LogP contribution in [0.3, 0.4) is 0 Å². The maximum absolute atomic E-state index is 12.6. The smallest absolute Gasteiger partial charge is 0.318 e. The molecule has 0 bridgehead atoms. The Labute approximate surface area is 198 Å². The standard InChI is InChI=1S/C25H29N3O6/c1-3-10-26-25(31)27-11-12-28-14-19(17-6-9-20-21(13-17)34-15-33-20)22(24(29)30)23(28)16-4-7-18(32-2)8-5-16/h4-9,11-13,19,22-23H,3,10,14-15H2,1-2H3,(H,29,30)(H2,26,27,31)/t19?,22-,23+/m0/s1. The lowest BCUT2D eigenvalue weighted by Gasteiger charge is -2.26. The van der Waals surface area contributed by atoms with Gasteiger partial charge in [0, 0.05) is 31.4 Å². The number of fused-ring (bicyclic) bond motifs is 1. The van der Waals surface area contributed by atoms with Crippen LogP contribution in [0.5, 0.6) is 17.2 Å². The number of ether oxygens (including phenoxy) is 3. The zero-order valence-electron chi connectivity index (χ0n) is 19.2. The van der Waals surface area contributed by atoms with E-state index in [4.69, 9.17) is 14.2 Å². The highest BCUT2D eigenvalue weighted by atomic mass is 16.7. The van der Waals surface area contributed by atoms with E-state index in [1.807, 2.05) is 54.3 Å². The molecule has 0 radical (unpaired) electrons. The number of hydrogen-bond acceptors (Lipinski definition) is 6. The molecule has 9 heteroatoms. The molecule has 2 aromatic carbocycles. The first-order valence-corrected chi connectivity index (χ1v) is 11.2. The molecule has 3 N–H and O–H groups in total. The number of rotatable bonds is 8. The third-order valence-corrected chi connectivity index (χ3v) is 6.12. The number of benzene rings is 2. The molecule has 4 rings (SSSR count). The third-order valence-electron chi connectivity index (χ3n) is 6.12. The molecule has 2 aliphatic rings. The molecular formula is C25H29N3O6. The Morgan fingerprint density at radius 3 is 2.59 bits per heavy atom. The molecule has 34 heavy (non-hydrogen) atoms. The van der Waals surface area contributed by atoms with E-state index in [1.54, 1.807) is 19.5 Å². The highest BCUT2D eigenvalue weighted by Gasteiger charge is 2.46. The maximum Gasteiger partial charge on any atom is 0.318 e. The van der Waals surface area contributed by atoms with Crippen LogP contribution in [0.1, 0.15) is 36.4 Å². The first-order chi connectivity index (χ1) is 16.5. The van der Waals surface area contributed by atoms with Gasteiger partial charge in [-0.2, -0.15) is 0 Å². The Bertz CT molecular complexity index is 1060. The molecule has 2 aliphatic heterocycles. The number of carboxylic acids is 1. The Hall–Kier alpha value is -3.88. The van der Waals surface area contributed by atoms with E-state index in [0.717, 1.165) is 17.5 Å². The summed E-state index contributed by atoms with van der Waals surface area (Å²) in [6.45, 7) is 3.15. The number of aliphatic carboxylic acids is 1. The number of likely N-dealkylation sites (tertiary alicyclic amines) is 1. The van der Waals surface area contributed by atoms with Gasteiger partial charge in [-0.15, -0.1) is 0 Å². The molecule has 1 fully saturated rings. The van der Waals surface area contributed by atoms with Crippen LogP contribution in [-0.2, 0) is 4.79 Å². The summed E-state index contributed by atoms with van der Waals surface area (Å²) in [5.74, 6) is 0.0283. The van der Waals surface area contributed by atoms with Gasteiger partial charge >= 0.3 is 12.0 Å². The fourth-order valence-electron chi connectivity index (χ4n) is 4.50. The molecule has 2 amide bonds. The second-order valence-electron chi connectivity index (χ2n) is 8.21. The molecule has 3 atom stereocenters. The molecule has 180 valence electrons. The second-order valence-corrected chi connectivity index (χ2v) is 8.21. The minimum Gasteiger partial charge on any atom is -0.497 e. The molecule has 2 heterocycles. The zero-order valence-corrected chi connectivity index (χ0v) is 19.2. The van der Waals surface area contributed by atoms with Crippen molar-refractivity contribution >= 4 is 12.0 Å². The summed E-state index contributed by atoms with van der Waals surface area (Å²) in [6, 6.07) is 12.2. The fourth-order valence-corrected chi connectivity index (χ4v) is 4.50. The van der Waals surface area contributed by atoms with Gasteiger partial charge in [0.2, 0.25) is 6.79 Å². The number of urea groups is 1. The van der Waals surface area contributed by atoms with Crippen molar-refractivity contribution in [3.8, 4) is 17.2 Å². The average molecular weight is 468 g/mol. The molecule has 0 aromatic heterocycles. The molecule has 0 spiro atoms. The van der Waals surface area contributed by atoms with Gasteiger partial charge in [-0.25, -0.2) is 4.79 Å². The number of methoxy groups -OCH3 is 1. The molecule has 9 nitrogen and oxygen atoms in total. The molecule has 0 saturated carbocycles. The summed E-state index contributed by atoms with van der Waals surface area (Å²) in [6.07, 6.45) is 4.12. The Balaban J connectivity index is 1.65. The van der Waals surface area contributed by atoms with Crippen molar-refractivity contribution in [2.24, 2.45) is 5.92 Å². The molecule has 1 saturated heterocycles. The number of hydrogen-bond donors (Lipinski definition) is 3. The first kappa shape index (κ1) is 23.3. The van der Waals surface area contributed by atoms with Crippen molar-refractivity contribution in [1.29, 1.82) is 0 Å². The van der Waals surface area contributed by atoms with Crippen LogP contribution in [0.15, 0.2) is 54.9 Å². The topological polar surface area (TPSA) is 109 Å². The molecular weight excluding hydrogens is 438 g/mol. The Morgan fingerprint density at radius 1 is 1.15 bits per heavy atom. The summed E-state index contributed by atoms with van der Waals surface area (Å²) < 4.78 is 16.2. The van der Waals surface area contributed by atoms with E-state index in [0.29, 0.717) is 30.3 Å². The summed E-state index contributed by atoms with van der Waals surface area (Å²) in [5, 5.41) is 15.7. The lowest BCUT2D eigenvalue weighted by Crippen LogP contribution is -2.33. The van der Waals surface area contributed by atoms with Gasteiger partial charge in [0.15, 0.2) is 11.5 Å². The number of carbonyl (C=O) groups is 2. The summed E-state index contributed by atoms with van der Waals surface area (Å²) in [5.41, 5.74) is 1.70. The van der Waals surface area contributed by atoms with Crippen molar-refractivity contribution in [2.45, 2.75) is 25.3 Å². The number of nitrogens with zero attached hydrogens (tertiary/aromatic N) is 1. The largest absolute Gasteiger partial charge is 0.497 e. The van der Waals surface area contributed by atoms with Crippen LogP contribution in [0.2, 0.25) is 0 Å². The third kappa shape index (κ3) is 4.88. The van der Waals surface area contributed by atoms with E-state index in [2.05, 4.69) is 10.6 Å². The Morgan fingerprint density at radius 2 is 1.88 bits per heavy atom. The van der Waals surface area contributed by atoms with Crippen LogP contribution >= 0.6 is 0 Å². The lowest BCUT2D eigenvalue weighted by atomic mass is 9.83. The van der Waals surface area contributed by atoms with Gasteiger partial charge in [0.1, 0.15) is 5.75 Å². The minimum atomic E-state index is -0.895. The lowest BCUT2D eigenvalue weighted by molar-refractivity contribution is -0.143. The zero-order chi connectivity index (χ0) is 24.1. The van der Waals surface area contributed by atoms with Crippen LogP contribution in [0, 0.1) is 5.92 Å². The van der Waals surface area contributed by atoms with Crippen molar-refractivity contribution in [3.63, 3.8) is 0 Å². The van der Waals surface area contributed by atoms with Crippen LogP contribution < -0.4 is 24.8 Å². The van der Waals surface area contributed by atoms with Gasteiger partial charge in [-0.1, -0.05) is 25.1 Å². The van der Waals surface area contributed by atoms with E-state index in [9.17, 15) is 14.7 Å². The quantitative estimate of drug-likeness (QED) is 0.546. The van der Waals surface area contributed by atoms with Crippen molar-refractivity contribution in [2.75, 3.05) is 27.0 Å². The van der Waals surface area contributed by atoms with Crippen molar-refractivity contribution in [1.82, 2.24) is 15.5 Å². The number of carbonyl (C=O) groups excluding carboxylic acids is 1. The summed E-state index contributed by atoms with van der Waals surface area (Å²) >= 11 is 0. The predicted octanol–water partition coefficient (Wildman–Crippen LogP) is 3.45. The minimum absolute atomic E-state index is 0.154. The summed E-state index contributed by atoms with van der Waals surface area (Å²) in [4.78, 5) is 26.5. The maximum atomic E-state index is 12.6. The average Bonchev–Trinajstić information content (AvgIpc) is 3.47. The van der Waals surface area contributed by atoms with Gasteiger partial charge in [-0.05, 0) is 41.8 Å². The van der Waals surface area contributed by atoms with E-state index in [1.165, 1.54) is 0 Å². The van der Waals surface area contributed by atoms with Crippen molar-refractivity contribution < 1.29 is 28.9 Å². The number of nitrogens with one attached hydrogen (secondary N) is 2. The van der Waals surface area contributed by atoms with E-state index >= 15 is 0 Å². The van der Waals surface area contributed by atoms with Gasteiger partial charge in [0.05, 0.1) is 19.1 Å². The van der Waals surface area contributed by atoms with Gasteiger partial charge < -0.3 is 34.9 Å². The normalized spacial score (nSPS) is 21.0. The van der Waals surface area contributed by atoms with Crippen LogP contribution in [0.4, 0.5) is 4.79 Å². The summed E-state index contributed by atoms with van der Waals surface area (Å²) in [7, 11) is 1.59. The van der Waals surface area contributed by atoms with Crippen LogP contribution in [0.25, 0.3) is 0 Å². The fraction of sp³-hybridized carbons (Fsp3) is 0.360. The van der Waals surface area contributed by atoms with E-state index in [-0.39, 0.29) is 18.7 Å². The number of carboxylic acid groups (broad SMARTS) is 1. The first-order valence-electron chi connectivity index (χ1n) is 11.2. The van der Waals surface area contributed by atoms with Crippen molar-refractivity contribution in [3.05, 3.63) is 66.0 Å². The Kier molecular flexibility index (Phi) is 7.10. The highest BCUT2D eigenvalue weighted by molar-refractivity contribution is 5.75. The monoisotopic (exact) mass is 467 g/mol. The van der Waals surface area contributed by atoms with E-state index < -0.39 is 17.9 Å². The SMILES string of the molecule is CCCNC(=O)NC=CN1CC(c2ccc3c(c2)OCO3)[C@H](C(=O)O)[C@H]1c1ccc(OC)cc1. The molecule has 1 unspecified atom stereocenters. The number of amides is 2. The predicted molar refractivity (Wildman–Crippen MR) is 125 cm³/mol.